The quantitative estimate of drug-likeness (QED) is 0.482. The number of rotatable bonds is 2. The molecule has 5 heteroatoms. The van der Waals surface area contributed by atoms with Gasteiger partial charge in [-0.2, -0.15) is 5.11 Å². The molecule has 1 aromatic rings. The smallest absolute Gasteiger partial charge is 0.186 e. The minimum atomic E-state index is -0.260. The molecule has 0 amide bonds. The molecule has 3 nitrogen and oxygen atoms in total. The summed E-state index contributed by atoms with van der Waals surface area (Å²) in [5.74, 6) is 0.0910. The number of halogens is 2. The van der Waals surface area contributed by atoms with Crippen molar-refractivity contribution in [3.05, 3.63) is 63.3 Å². The van der Waals surface area contributed by atoms with Crippen LogP contribution in [0.3, 0.4) is 0 Å². The van der Waals surface area contributed by atoms with E-state index in [2.05, 4.69) is 10.2 Å². The fourth-order valence-corrected chi connectivity index (χ4v) is 3.05. The maximum Gasteiger partial charge on any atom is 0.186 e. The van der Waals surface area contributed by atoms with Crippen molar-refractivity contribution in [2.24, 2.45) is 21.1 Å². The van der Waals surface area contributed by atoms with Gasteiger partial charge in [-0.15, -0.1) is 5.11 Å². The molecule has 0 N–H and O–H groups in total. The summed E-state index contributed by atoms with van der Waals surface area (Å²) in [6.45, 7) is 12.2. The molecule has 0 fully saturated rings. The molecule has 1 aliphatic carbocycles. The zero-order chi connectivity index (χ0) is 19.7. The van der Waals surface area contributed by atoms with Gasteiger partial charge in [0.1, 0.15) is 5.69 Å². The maximum absolute atomic E-state index is 12.9. The molecular weight excluding hydrogens is 367 g/mol. The van der Waals surface area contributed by atoms with Gasteiger partial charge in [0, 0.05) is 11.1 Å². The second-order valence-electron chi connectivity index (χ2n) is 8.36. The first-order chi connectivity index (χ1) is 11.9. The summed E-state index contributed by atoms with van der Waals surface area (Å²) in [7, 11) is 0. The van der Waals surface area contributed by atoms with Crippen molar-refractivity contribution in [3.8, 4) is 0 Å². The van der Waals surface area contributed by atoms with E-state index in [0.29, 0.717) is 15.7 Å². The highest BCUT2D eigenvalue weighted by molar-refractivity contribution is 6.38. The third-order valence-corrected chi connectivity index (χ3v) is 4.64. The highest BCUT2D eigenvalue weighted by Gasteiger charge is 2.33. The number of carbonyl (C=O) groups is 1. The Bertz CT molecular complexity index is 791. The lowest BCUT2D eigenvalue weighted by Crippen LogP contribution is -2.27. The van der Waals surface area contributed by atoms with E-state index in [1.807, 2.05) is 53.7 Å². The zero-order valence-electron chi connectivity index (χ0n) is 16.0. The lowest BCUT2D eigenvalue weighted by molar-refractivity contribution is -0.114. The van der Waals surface area contributed by atoms with Crippen LogP contribution in [-0.2, 0) is 4.79 Å². The molecular formula is C21H24Cl2N2O. The molecule has 0 saturated heterocycles. The van der Waals surface area contributed by atoms with Crippen LogP contribution in [0.4, 0.5) is 5.69 Å². The summed E-state index contributed by atoms with van der Waals surface area (Å²) in [6.07, 6.45) is 5.39. The monoisotopic (exact) mass is 390 g/mol. The number of hydrogen-bond donors (Lipinski definition) is 0. The van der Waals surface area contributed by atoms with E-state index in [0.717, 1.165) is 16.7 Å². The number of ketones is 1. The molecule has 26 heavy (non-hydrogen) atoms. The predicted molar refractivity (Wildman–Crippen MR) is 109 cm³/mol. The zero-order valence-corrected chi connectivity index (χ0v) is 17.5. The molecule has 0 heterocycles. The molecule has 0 aliphatic heterocycles. The van der Waals surface area contributed by atoms with Crippen molar-refractivity contribution in [2.75, 3.05) is 0 Å². The van der Waals surface area contributed by atoms with Crippen molar-refractivity contribution in [3.63, 3.8) is 0 Å². The Labute approximate surface area is 165 Å². The Morgan fingerprint density at radius 3 is 1.77 bits per heavy atom. The summed E-state index contributed by atoms with van der Waals surface area (Å²) in [5.41, 5.74) is 2.27. The normalized spacial score (nSPS) is 16.0. The summed E-state index contributed by atoms with van der Waals surface area (Å²) < 4.78 is 0. The first kappa shape index (κ1) is 20.6. The van der Waals surface area contributed by atoms with Gasteiger partial charge in [-0.3, -0.25) is 4.79 Å². The molecule has 0 saturated carbocycles. The minimum Gasteiger partial charge on any atom is -0.289 e. The van der Waals surface area contributed by atoms with Gasteiger partial charge >= 0.3 is 0 Å². The van der Waals surface area contributed by atoms with Crippen LogP contribution in [0.25, 0.3) is 0 Å². The van der Waals surface area contributed by atoms with Gasteiger partial charge in [0.15, 0.2) is 5.78 Å². The highest BCUT2D eigenvalue weighted by atomic mass is 35.5. The fourth-order valence-electron chi connectivity index (χ4n) is 2.58. The standard InChI is InChI=1S/C21H24Cl2N2O/c1-20(2,3)14-10-13(11-15(19(14)26)21(4,5)6)12-24-25-18-16(22)8-7-9-17(18)23/h7-12H,1-6H3. The van der Waals surface area contributed by atoms with Crippen LogP contribution in [0.2, 0.25) is 10.0 Å². The molecule has 0 radical (unpaired) electrons. The second-order valence-corrected chi connectivity index (χ2v) is 9.17. The maximum atomic E-state index is 12.9. The molecule has 1 aliphatic rings. The van der Waals surface area contributed by atoms with E-state index in [-0.39, 0.29) is 16.6 Å². The Kier molecular flexibility index (Phi) is 5.94. The topological polar surface area (TPSA) is 41.8 Å². The molecule has 2 rings (SSSR count). The molecule has 0 atom stereocenters. The summed E-state index contributed by atoms with van der Waals surface area (Å²) in [6, 6.07) is 5.18. The number of hydrogen-bond acceptors (Lipinski definition) is 3. The average molecular weight is 391 g/mol. The summed E-state index contributed by atoms with van der Waals surface area (Å²) in [4.78, 5) is 12.9. The number of nitrogens with zero attached hydrogens (tertiary/aromatic N) is 2. The highest BCUT2D eigenvalue weighted by Crippen LogP contribution is 2.39. The third-order valence-electron chi connectivity index (χ3n) is 4.03. The third kappa shape index (κ3) is 4.72. The van der Waals surface area contributed by atoms with Crippen LogP contribution in [0.5, 0.6) is 0 Å². The number of azo groups is 1. The van der Waals surface area contributed by atoms with Gasteiger partial charge in [-0.25, -0.2) is 0 Å². The molecule has 138 valence electrons. The van der Waals surface area contributed by atoms with Crippen molar-refractivity contribution >= 4 is 34.7 Å². The second kappa shape index (κ2) is 7.50. The van der Waals surface area contributed by atoms with Gasteiger partial charge in [-0.05, 0) is 40.7 Å². The van der Waals surface area contributed by atoms with E-state index < -0.39 is 0 Å². The summed E-state index contributed by atoms with van der Waals surface area (Å²) in [5, 5.41) is 9.15. The lowest BCUT2D eigenvalue weighted by Gasteiger charge is -2.31. The van der Waals surface area contributed by atoms with Crippen LogP contribution in [0.1, 0.15) is 41.5 Å². The Morgan fingerprint density at radius 2 is 1.35 bits per heavy atom. The van der Waals surface area contributed by atoms with E-state index in [1.165, 1.54) is 0 Å². The molecule has 1 aromatic carbocycles. The summed E-state index contributed by atoms with van der Waals surface area (Å²) >= 11 is 12.2. The van der Waals surface area contributed by atoms with Gasteiger partial charge in [0.25, 0.3) is 0 Å². The Morgan fingerprint density at radius 1 is 0.885 bits per heavy atom. The fraction of sp³-hybridized carbons (Fsp3) is 0.381. The SMILES string of the molecule is CC(C)(C)C1=CC(=CN=Nc2c(Cl)cccc2Cl)C=C(C(C)(C)C)C1=O. The van der Waals surface area contributed by atoms with Crippen molar-refractivity contribution in [1.29, 1.82) is 0 Å². The average Bonchev–Trinajstić information content (AvgIpc) is 2.49. The van der Waals surface area contributed by atoms with Crippen LogP contribution < -0.4 is 0 Å². The van der Waals surface area contributed by atoms with Gasteiger partial charge in [0.2, 0.25) is 0 Å². The van der Waals surface area contributed by atoms with E-state index in [1.54, 1.807) is 24.4 Å². The van der Waals surface area contributed by atoms with Gasteiger partial charge in [0.05, 0.1) is 16.2 Å². The first-order valence-electron chi connectivity index (χ1n) is 8.45. The van der Waals surface area contributed by atoms with Gasteiger partial charge < -0.3 is 0 Å². The van der Waals surface area contributed by atoms with E-state index in [9.17, 15) is 4.79 Å². The van der Waals surface area contributed by atoms with Crippen molar-refractivity contribution < 1.29 is 4.79 Å². The number of Topliss-reactive ketones (excluding diaryl/α,β-unsaturated/α-hetero) is 1. The molecule has 0 bridgehead atoms. The molecule has 0 spiro atoms. The van der Waals surface area contributed by atoms with E-state index >= 15 is 0 Å². The number of benzene rings is 1. The molecule has 0 unspecified atom stereocenters. The minimum absolute atomic E-state index is 0.0910. The first-order valence-corrected chi connectivity index (χ1v) is 9.21. The van der Waals surface area contributed by atoms with Crippen LogP contribution in [0, 0.1) is 10.8 Å². The largest absolute Gasteiger partial charge is 0.289 e. The molecule has 0 aromatic heterocycles. The Hall–Kier alpha value is -1.71. The van der Waals surface area contributed by atoms with E-state index in [4.69, 9.17) is 23.2 Å². The predicted octanol–water partition coefficient (Wildman–Crippen LogP) is 7.49. The van der Waals surface area contributed by atoms with Crippen LogP contribution in [-0.4, -0.2) is 5.78 Å². The van der Waals surface area contributed by atoms with Crippen molar-refractivity contribution in [1.82, 2.24) is 0 Å². The Balaban J connectivity index is 2.47. The number of allylic oxidation sites excluding steroid dienone is 5. The number of carbonyl (C=O) groups excluding carboxylic acids is 1. The van der Waals surface area contributed by atoms with Crippen LogP contribution in [0.15, 0.2) is 63.5 Å². The lowest BCUT2D eigenvalue weighted by atomic mass is 9.72. The van der Waals surface area contributed by atoms with Crippen molar-refractivity contribution in [2.45, 2.75) is 41.5 Å². The van der Waals surface area contributed by atoms with Crippen LogP contribution >= 0.6 is 23.2 Å². The van der Waals surface area contributed by atoms with Gasteiger partial charge in [-0.1, -0.05) is 70.8 Å².